The van der Waals surface area contributed by atoms with Crippen LogP contribution in [0.2, 0.25) is 0 Å². The third-order valence-electron chi connectivity index (χ3n) is 3.91. The first-order valence-electron chi connectivity index (χ1n) is 7.37. The Morgan fingerprint density at radius 2 is 1.76 bits per heavy atom. The number of rotatable bonds is 4. The average molecular weight is 301 g/mol. The second-order valence-electron chi connectivity index (χ2n) is 5.49. The molecule has 1 saturated heterocycles. The molecule has 2 heterocycles. The lowest BCUT2D eigenvalue weighted by molar-refractivity contribution is 0.0697. The van der Waals surface area contributed by atoms with Gasteiger partial charge in [-0.2, -0.15) is 0 Å². The SMILES string of the molecule is O=C(O)c1ccc(-c2ccc(CN3CCCCC3)s2)cc1. The molecule has 0 atom stereocenters. The summed E-state index contributed by atoms with van der Waals surface area (Å²) in [6.07, 6.45) is 3.99. The molecular weight excluding hydrogens is 282 g/mol. The second kappa shape index (κ2) is 6.41. The summed E-state index contributed by atoms with van der Waals surface area (Å²) in [5.41, 5.74) is 1.43. The number of benzene rings is 1. The van der Waals surface area contributed by atoms with Crippen LogP contribution in [0.4, 0.5) is 0 Å². The van der Waals surface area contributed by atoms with E-state index in [9.17, 15) is 4.79 Å². The minimum absolute atomic E-state index is 0.337. The molecule has 1 aliphatic rings. The van der Waals surface area contributed by atoms with Gasteiger partial charge in [-0.3, -0.25) is 4.90 Å². The molecule has 1 aromatic heterocycles. The van der Waals surface area contributed by atoms with Gasteiger partial charge >= 0.3 is 5.97 Å². The van der Waals surface area contributed by atoms with Crippen molar-refractivity contribution >= 4 is 17.3 Å². The summed E-state index contributed by atoms with van der Waals surface area (Å²) in [5, 5.41) is 8.93. The lowest BCUT2D eigenvalue weighted by Crippen LogP contribution is -2.28. The monoisotopic (exact) mass is 301 g/mol. The Labute approximate surface area is 128 Å². The highest BCUT2D eigenvalue weighted by molar-refractivity contribution is 7.15. The van der Waals surface area contributed by atoms with E-state index in [1.807, 2.05) is 12.1 Å². The van der Waals surface area contributed by atoms with Crippen LogP contribution in [0.3, 0.4) is 0 Å². The van der Waals surface area contributed by atoms with Crippen molar-refractivity contribution < 1.29 is 9.90 Å². The molecule has 2 aromatic rings. The van der Waals surface area contributed by atoms with E-state index in [1.54, 1.807) is 23.5 Å². The highest BCUT2D eigenvalue weighted by Crippen LogP contribution is 2.29. The van der Waals surface area contributed by atoms with Crippen molar-refractivity contribution in [1.29, 1.82) is 0 Å². The number of carbonyl (C=O) groups is 1. The van der Waals surface area contributed by atoms with Gasteiger partial charge in [0, 0.05) is 16.3 Å². The van der Waals surface area contributed by atoms with E-state index in [0.29, 0.717) is 5.56 Å². The molecule has 0 amide bonds. The number of piperidine rings is 1. The van der Waals surface area contributed by atoms with Crippen molar-refractivity contribution in [1.82, 2.24) is 4.90 Å². The first-order valence-corrected chi connectivity index (χ1v) is 8.19. The molecule has 0 aliphatic carbocycles. The van der Waals surface area contributed by atoms with Gasteiger partial charge in [-0.25, -0.2) is 4.79 Å². The van der Waals surface area contributed by atoms with Crippen molar-refractivity contribution in [3.8, 4) is 10.4 Å². The van der Waals surface area contributed by atoms with Crippen LogP contribution in [0.5, 0.6) is 0 Å². The summed E-state index contributed by atoms with van der Waals surface area (Å²) in [7, 11) is 0. The molecule has 0 radical (unpaired) electrons. The number of thiophene rings is 1. The van der Waals surface area contributed by atoms with Crippen molar-refractivity contribution in [2.24, 2.45) is 0 Å². The van der Waals surface area contributed by atoms with E-state index in [1.165, 1.54) is 42.1 Å². The van der Waals surface area contributed by atoms with Gasteiger partial charge in [0.2, 0.25) is 0 Å². The number of carboxylic acids is 1. The Morgan fingerprint density at radius 1 is 1.05 bits per heavy atom. The summed E-state index contributed by atoms with van der Waals surface area (Å²) in [4.78, 5) is 16.0. The maximum Gasteiger partial charge on any atom is 0.335 e. The summed E-state index contributed by atoms with van der Waals surface area (Å²) in [6.45, 7) is 3.46. The van der Waals surface area contributed by atoms with Gasteiger partial charge in [0.05, 0.1) is 5.56 Å². The van der Waals surface area contributed by atoms with Gasteiger partial charge in [0.15, 0.2) is 0 Å². The third-order valence-corrected chi connectivity index (χ3v) is 5.03. The largest absolute Gasteiger partial charge is 0.478 e. The van der Waals surface area contributed by atoms with Crippen LogP contribution in [0.25, 0.3) is 10.4 Å². The van der Waals surface area contributed by atoms with Crippen LogP contribution in [-0.4, -0.2) is 29.1 Å². The average Bonchev–Trinajstić information content (AvgIpc) is 2.97. The molecule has 0 bridgehead atoms. The van der Waals surface area contributed by atoms with Crippen LogP contribution in [0.15, 0.2) is 36.4 Å². The molecule has 1 fully saturated rings. The minimum atomic E-state index is -0.876. The fourth-order valence-corrected chi connectivity index (χ4v) is 3.79. The predicted molar refractivity (Wildman–Crippen MR) is 85.8 cm³/mol. The molecule has 0 spiro atoms. The third kappa shape index (κ3) is 3.52. The number of hydrogen-bond donors (Lipinski definition) is 1. The summed E-state index contributed by atoms with van der Waals surface area (Å²) < 4.78 is 0. The molecule has 0 unspecified atom stereocenters. The molecule has 110 valence electrons. The fourth-order valence-electron chi connectivity index (χ4n) is 2.73. The van der Waals surface area contributed by atoms with Crippen LogP contribution < -0.4 is 0 Å². The topological polar surface area (TPSA) is 40.5 Å². The first kappa shape index (κ1) is 14.3. The predicted octanol–water partition coefficient (Wildman–Crippen LogP) is 4.10. The van der Waals surface area contributed by atoms with Crippen molar-refractivity contribution in [3.05, 3.63) is 46.8 Å². The summed E-state index contributed by atoms with van der Waals surface area (Å²) >= 11 is 1.80. The number of nitrogens with zero attached hydrogens (tertiary/aromatic N) is 1. The highest BCUT2D eigenvalue weighted by atomic mass is 32.1. The molecule has 0 saturated carbocycles. The van der Waals surface area contributed by atoms with Crippen molar-refractivity contribution in [2.45, 2.75) is 25.8 Å². The summed E-state index contributed by atoms with van der Waals surface area (Å²) in [6, 6.07) is 11.4. The van der Waals surface area contributed by atoms with E-state index < -0.39 is 5.97 Å². The maximum absolute atomic E-state index is 10.9. The van der Waals surface area contributed by atoms with Crippen LogP contribution >= 0.6 is 11.3 Å². The molecule has 1 aromatic carbocycles. The molecule has 4 heteroatoms. The zero-order chi connectivity index (χ0) is 14.7. The molecular formula is C17H19NO2S. The molecule has 21 heavy (non-hydrogen) atoms. The van der Waals surface area contributed by atoms with E-state index in [-0.39, 0.29) is 0 Å². The first-order chi connectivity index (χ1) is 10.2. The van der Waals surface area contributed by atoms with E-state index in [0.717, 1.165) is 12.1 Å². The Kier molecular flexibility index (Phi) is 4.36. The van der Waals surface area contributed by atoms with Gasteiger partial charge in [-0.15, -0.1) is 11.3 Å². The van der Waals surface area contributed by atoms with E-state index in [2.05, 4.69) is 17.0 Å². The Balaban J connectivity index is 1.70. The van der Waals surface area contributed by atoms with Gasteiger partial charge < -0.3 is 5.11 Å². The maximum atomic E-state index is 10.9. The number of hydrogen-bond acceptors (Lipinski definition) is 3. The normalized spacial score (nSPS) is 16.0. The lowest BCUT2D eigenvalue weighted by atomic mass is 10.1. The smallest absolute Gasteiger partial charge is 0.335 e. The lowest BCUT2D eigenvalue weighted by Gasteiger charge is -2.25. The van der Waals surface area contributed by atoms with E-state index in [4.69, 9.17) is 5.11 Å². The number of carboxylic acid groups (broad SMARTS) is 1. The zero-order valence-corrected chi connectivity index (χ0v) is 12.7. The second-order valence-corrected chi connectivity index (χ2v) is 6.65. The summed E-state index contributed by atoms with van der Waals surface area (Å²) in [5.74, 6) is -0.876. The fraction of sp³-hybridized carbons (Fsp3) is 0.353. The standard InChI is InChI=1S/C17H19NO2S/c19-17(20)14-6-4-13(5-7-14)16-9-8-15(21-16)12-18-10-2-1-3-11-18/h4-9H,1-3,10-12H2,(H,19,20). The minimum Gasteiger partial charge on any atom is -0.478 e. The molecule has 1 aliphatic heterocycles. The van der Waals surface area contributed by atoms with Crippen LogP contribution in [0.1, 0.15) is 34.5 Å². The Morgan fingerprint density at radius 3 is 2.43 bits per heavy atom. The zero-order valence-electron chi connectivity index (χ0n) is 11.9. The molecule has 3 nitrogen and oxygen atoms in total. The van der Waals surface area contributed by atoms with Gasteiger partial charge in [0.25, 0.3) is 0 Å². The van der Waals surface area contributed by atoms with Crippen LogP contribution in [-0.2, 0) is 6.54 Å². The van der Waals surface area contributed by atoms with Gasteiger partial charge in [0.1, 0.15) is 0 Å². The van der Waals surface area contributed by atoms with Gasteiger partial charge in [-0.1, -0.05) is 18.6 Å². The molecule has 3 rings (SSSR count). The Bertz CT molecular complexity index is 612. The van der Waals surface area contributed by atoms with E-state index >= 15 is 0 Å². The molecule has 1 N–H and O–H groups in total. The van der Waals surface area contributed by atoms with Crippen LogP contribution in [0, 0.1) is 0 Å². The highest BCUT2D eigenvalue weighted by Gasteiger charge is 2.12. The van der Waals surface area contributed by atoms with Gasteiger partial charge in [-0.05, 0) is 55.8 Å². The van der Waals surface area contributed by atoms with Crippen molar-refractivity contribution in [2.75, 3.05) is 13.1 Å². The number of likely N-dealkylation sites (tertiary alicyclic amines) is 1. The quantitative estimate of drug-likeness (QED) is 0.924. The van der Waals surface area contributed by atoms with Crippen molar-refractivity contribution in [3.63, 3.8) is 0 Å². The Hall–Kier alpha value is -1.65. The number of aromatic carboxylic acids is 1.